The molecular weight excluding hydrogens is 302 g/mol. The van der Waals surface area contributed by atoms with E-state index in [0.717, 1.165) is 10.6 Å². The van der Waals surface area contributed by atoms with Gasteiger partial charge in [0.15, 0.2) is 0 Å². The van der Waals surface area contributed by atoms with Crippen LogP contribution in [0.2, 0.25) is 0 Å². The molecule has 0 fully saturated rings. The first-order valence-corrected chi connectivity index (χ1v) is 7.85. The molecular formula is C15H15N3O3S. The molecule has 114 valence electrons. The third-order valence-electron chi connectivity index (χ3n) is 3.04. The van der Waals surface area contributed by atoms with Crippen molar-refractivity contribution in [3.63, 3.8) is 0 Å². The number of carbonyl (C=O) groups excluding carboxylic acids is 1. The summed E-state index contributed by atoms with van der Waals surface area (Å²) in [7, 11) is 0. The number of nitrogens with zero attached hydrogens (tertiary/aromatic N) is 2. The van der Waals surface area contributed by atoms with Crippen molar-refractivity contribution in [3.8, 4) is 0 Å². The second kappa shape index (κ2) is 7.56. The Bertz CT molecular complexity index is 677. The van der Waals surface area contributed by atoms with Gasteiger partial charge in [-0.3, -0.25) is 19.9 Å². The van der Waals surface area contributed by atoms with Crippen molar-refractivity contribution in [2.24, 2.45) is 0 Å². The quantitative estimate of drug-likeness (QED) is 0.503. The number of aromatic nitrogens is 1. The molecule has 2 rings (SSSR count). The number of amides is 1. The fraction of sp³-hybridized carbons (Fsp3) is 0.200. The van der Waals surface area contributed by atoms with Crippen molar-refractivity contribution in [1.29, 1.82) is 0 Å². The minimum Gasteiger partial charge on any atom is -0.351 e. The Kier molecular flexibility index (Phi) is 5.48. The molecule has 6 nitrogen and oxygen atoms in total. The maximum Gasteiger partial charge on any atom is 0.282 e. The highest BCUT2D eigenvalue weighted by molar-refractivity contribution is 7.98. The molecule has 0 radical (unpaired) electrons. The summed E-state index contributed by atoms with van der Waals surface area (Å²) >= 11 is 1.43. The molecule has 0 spiro atoms. The van der Waals surface area contributed by atoms with Crippen molar-refractivity contribution in [2.45, 2.75) is 11.3 Å². The van der Waals surface area contributed by atoms with Crippen LogP contribution in [0.3, 0.4) is 0 Å². The van der Waals surface area contributed by atoms with Crippen LogP contribution < -0.4 is 5.32 Å². The number of pyridine rings is 1. The average Bonchev–Trinajstić information content (AvgIpc) is 2.55. The molecule has 1 N–H and O–H groups in total. The van der Waals surface area contributed by atoms with Gasteiger partial charge in [0.2, 0.25) is 0 Å². The van der Waals surface area contributed by atoms with Crippen LogP contribution in [-0.4, -0.2) is 28.6 Å². The smallest absolute Gasteiger partial charge is 0.282 e. The van der Waals surface area contributed by atoms with E-state index in [-0.39, 0.29) is 11.3 Å². The molecule has 1 aromatic carbocycles. The third kappa shape index (κ3) is 4.05. The van der Waals surface area contributed by atoms with E-state index in [9.17, 15) is 14.9 Å². The monoisotopic (exact) mass is 317 g/mol. The summed E-state index contributed by atoms with van der Waals surface area (Å²) in [5, 5.41) is 13.7. The number of nitro benzene ring substituents is 1. The van der Waals surface area contributed by atoms with Crippen LogP contribution in [0.15, 0.2) is 47.5 Å². The van der Waals surface area contributed by atoms with Crippen LogP contribution in [0.1, 0.15) is 16.1 Å². The van der Waals surface area contributed by atoms with Crippen LogP contribution in [0.5, 0.6) is 0 Å². The van der Waals surface area contributed by atoms with Crippen molar-refractivity contribution in [3.05, 3.63) is 64.0 Å². The number of nitrogens with one attached hydrogen (secondary N) is 1. The van der Waals surface area contributed by atoms with Gasteiger partial charge in [0, 0.05) is 35.8 Å². The van der Waals surface area contributed by atoms with Crippen LogP contribution in [-0.2, 0) is 6.42 Å². The van der Waals surface area contributed by atoms with Gasteiger partial charge in [0.05, 0.1) is 4.92 Å². The summed E-state index contributed by atoms with van der Waals surface area (Å²) in [6.07, 6.45) is 4.11. The predicted molar refractivity (Wildman–Crippen MR) is 85.2 cm³/mol. The maximum atomic E-state index is 12.2. The van der Waals surface area contributed by atoms with Crippen molar-refractivity contribution in [2.75, 3.05) is 12.8 Å². The van der Waals surface area contributed by atoms with Gasteiger partial charge in [-0.05, 0) is 30.5 Å². The van der Waals surface area contributed by atoms with Gasteiger partial charge in [-0.2, -0.15) is 0 Å². The normalized spacial score (nSPS) is 10.2. The van der Waals surface area contributed by atoms with Crippen molar-refractivity contribution in [1.82, 2.24) is 10.3 Å². The first-order chi connectivity index (χ1) is 10.6. The molecule has 0 saturated carbocycles. The highest BCUT2D eigenvalue weighted by atomic mass is 32.2. The molecule has 1 amide bonds. The van der Waals surface area contributed by atoms with E-state index in [1.54, 1.807) is 18.3 Å². The van der Waals surface area contributed by atoms with Crippen LogP contribution in [0.25, 0.3) is 0 Å². The zero-order chi connectivity index (χ0) is 15.9. The summed E-state index contributed by atoms with van der Waals surface area (Å²) < 4.78 is 0. The Labute approximate surface area is 132 Å². The lowest BCUT2D eigenvalue weighted by molar-refractivity contribution is -0.385. The Hall–Kier alpha value is -2.41. The van der Waals surface area contributed by atoms with Gasteiger partial charge in [-0.25, -0.2) is 0 Å². The Morgan fingerprint density at radius 3 is 2.82 bits per heavy atom. The number of carbonyl (C=O) groups is 1. The molecule has 1 heterocycles. The van der Waals surface area contributed by atoms with Gasteiger partial charge in [-0.1, -0.05) is 6.07 Å². The number of hydrogen-bond donors (Lipinski definition) is 1. The van der Waals surface area contributed by atoms with E-state index in [0.29, 0.717) is 13.0 Å². The SMILES string of the molecule is CSc1ccc([N+](=O)[O-])c(C(=O)NCCc2ccccn2)c1. The second-order valence-electron chi connectivity index (χ2n) is 4.47. The largest absolute Gasteiger partial charge is 0.351 e. The molecule has 0 aliphatic heterocycles. The van der Waals surface area contributed by atoms with E-state index < -0.39 is 10.8 Å². The lowest BCUT2D eigenvalue weighted by atomic mass is 10.1. The standard InChI is InChI=1S/C15H15N3O3S/c1-22-12-5-6-14(18(20)21)13(10-12)15(19)17-9-7-11-4-2-3-8-16-11/h2-6,8,10H,7,9H2,1H3,(H,17,19). The molecule has 0 saturated heterocycles. The van der Waals surface area contributed by atoms with Crippen LogP contribution in [0.4, 0.5) is 5.69 Å². The van der Waals surface area contributed by atoms with E-state index in [1.807, 2.05) is 24.5 Å². The summed E-state index contributed by atoms with van der Waals surface area (Å²) in [5.41, 5.74) is 0.751. The Balaban J connectivity index is 2.06. The zero-order valence-corrected chi connectivity index (χ0v) is 12.8. The Morgan fingerprint density at radius 1 is 1.36 bits per heavy atom. The summed E-state index contributed by atoms with van der Waals surface area (Å²) in [4.78, 5) is 27.6. The van der Waals surface area contributed by atoms with Gasteiger partial charge in [-0.15, -0.1) is 11.8 Å². The van der Waals surface area contributed by atoms with E-state index in [4.69, 9.17) is 0 Å². The van der Waals surface area contributed by atoms with Crippen molar-refractivity contribution >= 4 is 23.4 Å². The molecule has 0 bridgehead atoms. The van der Waals surface area contributed by atoms with Crippen molar-refractivity contribution < 1.29 is 9.72 Å². The van der Waals surface area contributed by atoms with Gasteiger partial charge >= 0.3 is 0 Å². The first-order valence-electron chi connectivity index (χ1n) is 6.62. The first kappa shape index (κ1) is 16.0. The Morgan fingerprint density at radius 2 is 2.18 bits per heavy atom. The maximum absolute atomic E-state index is 12.2. The average molecular weight is 317 g/mol. The molecule has 0 atom stereocenters. The molecule has 7 heteroatoms. The molecule has 2 aromatic rings. The summed E-state index contributed by atoms with van der Waals surface area (Å²) in [5.74, 6) is -0.446. The van der Waals surface area contributed by atoms with Crippen LogP contribution >= 0.6 is 11.8 Å². The fourth-order valence-corrected chi connectivity index (χ4v) is 2.37. The van der Waals surface area contributed by atoms with Gasteiger partial charge < -0.3 is 5.32 Å². The highest BCUT2D eigenvalue weighted by Gasteiger charge is 2.20. The number of nitro groups is 1. The van der Waals surface area contributed by atoms with Crippen LogP contribution in [0, 0.1) is 10.1 Å². The molecule has 0 aliphatic rings. The molecule has 22 heavy (non-hydrogen) atoms. The molecule has 1 aromatic heterocycles. The van der Waals surface area contributed by atoms with Gasteiger partial charge in [0.1, 0.15) is 5.56 Å². The second-order valence-corrected chi connectivity index (χ2v) is 5.35. The minimum atomic E-state index is -0.544. The summed E-state index contributed by atoms with van der Waals surface area (Å²) in [6, 6.07) is 10.1. The number of hydrogen-bond acceptors (Lipinski definition) is 5. The zero-order valence-electron chi connectivity index (χ0n) is 12.0. The fourth-order valence-electron chi connectivity index (χ4n) is 1.93. The number of rotatable bonds is 6. The number of benzene rings is 1. The minimum absolute atomic E-state index is 0.0814. The predicted octanol–water partition coefficient (Wildman–Crippen LogP) is 2.68. The number of thioether (sulfide) groups is 1. The van der Waals surface area contributed by atoms with E-state index in [1.165, 1.54) is 17.8 Å². The highest BCUT2D eigenvalue weighted by Crippen LogP contribution is 2.24. The molecule has 0 unspecified atom stereocenters. The topological polar surface area (TPSA) is 85.1 Å². The lowest BCUT2D eigenvalue weighted by Gasteiger charge is -2.07. The lowest BCUT2D eigenvalue weighted by Crippen LogP contribution is -2.26. The van der Waals surface area contributed by atoms with E-state index >= 15 is 0 Å². The van der Waals surface area contributed by atoms with Gasteiger partial charge in [0.25, 0.3) is 11.6 Å². The van der Waals surface area contributed by atoms with E-state index in [2.05, 4.69) is 10.3 Å². The summed E-state index contributed by atoms with van der Waals surface area (Å²) in [6.45, 7) is 0.372. The third-order valence-corrected chi connectivity index (χ3v) is 3.76. The molecule has 0 aliphatic carbocycles.